The molecule has 1 unspecified atom stereocenters. The molecule has 1 aliphatic carbocycles. The van der Waals surface area contributed by atoms with E-state index in [0.29, 0.717) is 56.0 Å². The lowest BCUT2D eigenvalue weighted by Gasteiger charge is -2.35. The minimum absolute atomic E-state index is 0.150. The van der Waals surface area contributed by atoms with Crippen molar-refractivity contribution in [2.45, 2.75) is 19.0 Å². The summed E-state index contributed by atoms with van der Waals surface area (Å²) in [6, 6.07) is 7.93. The highest BCUT2D eigenvalue weighted by Crippen LogP contribution is 2.48. The molecule has 2 N–H and O–H groups in total. The Kier molecular flexibility index (Phi) is 7.36. The van der Waals surface area contributed by atoms with Gasteiger partial charge in [0.05, 0.1) is 43.8 Å². The Balaban J connectivity index is 1.31. The normalized spacial score (nSPS) is 18.7. The second-order valence-electron chi connectivity index (χ2n) is 9.44. The number of alkyl halides is 2. The summed E-state index contributed by atoms with van der Waals surface area (Å²) in [5.74, 6) is -5.28. The molecule has 3 aromatic rings. The van der Waals surface area contributed by atoms with E-state index in [0.717, 1.165) is 22.4 Å². The van der Waals surface area contributed by atoms with Crippen molar-refractivity contribution >= 4 is 11.4 Å². The van der Waals surface area contributed by atoms with Crippen LogP contribution < -0.4 is 25.7 Å². The maximum Gasteiger partial charge on any atom is 0.316 e. The molecule has 13 heteroatoms. The average molecular weight is 550 g/mol. The second kappa shape index (κ2) is 10.7. The maximum atomic E-state index is 13.8. The molecule has 2 aliphatic rings. The molecule has 2 aromatic carbocycles. The summed E-state index contributed by atoms with van der Waals surface area (Å²) in [7, 11) is 1.54. The highest BCUT2D eigenvalue weighted by Gasteiger charge is 2.57. The molecule has 0 amide bonds. The van der Waals surface area contributed by atoms with Gasteiger partial charge in [0.15, 0.2) is 0 Å². The zero-order chi connectivity index (χ0) is 27.7. The van der Waals surface area contributed by atoms with Crippen molar-refractivity contribution < 1.29 is 31.9 Å². The molecular weight excluding hydrogens is 522 g/mol. The zero-order valence-electron chi connectivity index (χ0n) is 21.1. The first-order chi connectivity index (χ1) is 18.6. The van der Waals surface area contributed by atoms with Gasteiger partial charge in [-0.25, -0.2) is 17.6 Å². The van der Waals surface area contributed by atoms with Crippen LogP contribution in [-0.2, 0) is 11.4 Å². The first-order valence-corrected chi connectivity index (χ1v) is 12.3. The lowest BCUT2D eigenvalue weighted by Crippen LogP contribution is -2.46. The van der Waals surface area contributed by atoms with Gasteiger partial charge in [-0.3, -0.25) is 9.63 Å². The number of piperazine rings is 1. The number of halogens is 4. The molecule has 1 aliphatic heterocycles. The molecule has 1 atom stereocenters. The summed E-state index contributed by atoms with van der Waals surface area (Å²) < 4.78 is 66.2. The topological polar surface area (TPSA) is 95.1 Å². The van der Waals surface area contributed by atoms with Crippen molar-refractivity contribution in [3.8, 4) is 17.2 Å². The van der Waals surface area contributed by atoms with E-state index in [-0.39, 0.29) is 24.5 Å². The first kappa shape index (κ1) is 26.8. The molecule has 2 heterocycles. The lowest BCUT2D eigenvalue weighted by molar-refractivity contribution is -0.171. The van der Waals surface area contributed by atoms with Crippen molar-refractivity contribution in [3.05, 3.63) is 70.1 Å². The van der Waals surface area contributed by atoms with Crippen molar-refractivity contribution in [2.75, 3.05) is 50.5 Å². The van der Waals surface area contributed by atoms with E-state index in [4.69, 9.17) is 20.0 Å². The minimum atomic E-state index is -2.84. The average Bonchev–Trinajstić information content (AvgIpc) is 3.52. The van der Waals surface area contributed by atoms with Crippen LogP contribution >= 0.6 is 0 Å². The number of hydroxylamine groups is 2. The van der Waals surface area contributed by atoms with Crippen molar-refractivity contribution in [1.29, 1.82) is 0 Å². The molecule has 0 spiro atoms. The van der Waals surface area contributed by atoms with Crippen molar-refractivity contribution in [3.63, 3.8) is 0 Å². The van der Waals surface area contributed by atoms with Gasteiger partial charge in [0, 0.05) is 38.7 Å². The molecule has 5 rings (SSSR count). The molecule has 2 fully saturated rings. The van der Waals surface area contributed by atoms with Gasteiger partial charge in [0.2, 0.25) is 5.75 Å². The van der Waals surface area contributed by atoms with E-state index >= 15 is 0 Å². The van der Waals surface area contributed by atoms with Gasteiger partial charge < -0.3 is 20.1 Å². The molecule has 0 bridgehead atoms. The summed E-state index contributed by atoms with van der Waals surface area (Å²) in [6.07, 6.45) is 1.01. The number of hydrogen-bond donors (Lipinski definition) is 1. The van der Waals surface area contributed by atoms with Gasteiger partial charge in [0.1, 0.15) is 23.1 Å². The fraction of sp³-hybridized carbons (Fsp3) is 0.385. The number of methoxy groups -OCH3 is 1. The number of nitrogens with zero attached hydrogens (tertiary/aromatic N) is 4. The number of nitrogens with two attached hydrogens (primary N) is 1. The predicted molar refractivity (Wildman–Crippen MR) is 134 cm³/mol. The number of ether oxygens (including phenoxy) is 2. The number of anilines is 2. The van der Waals surface area contributed by atoms with Crippen molar-refractivity contribution in [1.82, 2.24) is 14.8 Å². The van der Waals surface area contributed by atoms with Gasteiger partial charge in [-0.2, -0.15) is 14.8 Å². The Morgan fingerprint density at radius 2 is 1.77 bits per heavy atom. The fourth-order valence-electron chi connectivity index (χ4n) is 4.34. The zero-order valence-corrected chi connectivity index (χ0v) is 21.1. The van der Waals surface area contributed by atoms with E-state index in [1.54, 1.807) is 17.2 Å². The lowest BCUT2D eigenvalue weighted by atomic mass is 10.2. The Morgan fingerprint density at radius 3 is 2.41 bits per heavy atom. The maximum absolute atomic E-state index is 13.8. The van der Waals surface area contributed by atoms with E-state index in [1.807, 2.05) is 11.0 Å². The molecule has 39 heavy (non-hydrogen) atoms. The Hall–Kier alpha value is -3.84. The van der Waals surface area contributed by atoms with Crippen LogP contribution in [0.4, 0.5) is 28.9 Å². The van der Waals surface area contributed by atoms with E-state index in [1.165, 1.54) is 13.3 Å². The molecule has 208 valence electrons. The molecule has 0 radical (unpaired) electrons. The van der Waals surface area contributed by atoms with Crippen LogP contribution in [-0.4, -0.2) is 60.7 Å². The highest BCUT2D eigenvalue weighted by atomic mass is 19.3. The smallest absolute Gasteiger partial charge is 0.316 e. The van der Waals surface area contributed by atoms with Crippen LogP contribution in [0.2, 0.25) is 0 Å². The Morgan fingerprint density at radius 1 is 1.08 bits per heavy atom. The molecule has 9 nitrogen and oxygen atoms in total. The monoisotopic (exact) mass is 549 g/mol. The van der Waals surface area contributed by atoms with Gasteiger partial charge in [-0.05, 0) is 29.8 Å². The number of nitrogen functional groups attached to an aromatic ring is 1. The Labute approximate surface area is 221 Å². The SMILES string of the molecule is COc1cc(CON2CCN(c3cnn(-c4cc(F)cc(F)c4)c(=O)c3OCC3CC3(F)F)CC2)ccc1N. The summed E-state index contributed by atoms with van der Waals surface area (Å²) in [5, 5.41) is 5.86. The van der Waals surface area contributed by atoms with E-state index in [9.17, 15) is 22.4 Å². The first-order valence-electron chi connectivity index (χ1n) is 12.3. The number of aromatic nitrogens is 2. The number of rotatable bonds is 9. The quantitative estimate of drug-likeness (QED) is 0.321. The van der Waals surface area contributed by atoms with E-state index in [2.05, 4.69) is 5.10 Å². The third-order valence-corrected chi connectivity index (χ3v) is 6.68. The van der Waals surface area contributed by atoms with E-state index < -0.39 is 29.0 Å². The van der Waals surface area contributed by atoms with Crippen LogP contribution in [0.25, 0.3) is 5.69 Å². The molecule has 1 saturated heterocycles. The van der Waals surface area contributed by atoms with Gasteiger partial charge >= 0.3 is 5.56 Å². The van der Waals surface area contributed by atoms with Gasteiger partial charge in [0.25, 0.3) is 5.92 Å². The van der Waals surface area contributed by atoms with Crippen LogP contribution in [0, 0.1) is 17.6 Å². The van der Waals surface area contributed by atoms with Gasteiger partial charge in [-0.1, -0.05) is 6.07 Å². The van der Waals surface area contributed by atoms with Crippen LogP contribution in [0.5, 0.6) is 11.5 Å². The third-order valence-electron chi connectivity index (χ3n) is 6.68. The standard InChI is InChI=1S/C26H27F4N5O4/c1-37-23-8-16(2-3-21(23)31)14-39-34-6-4-33(5-7-34)22-13-32-35(20-10-18(27)9-19(28)11-20)25(36)24(22)38-15-17-12-26(17,29)30/h2-3,8-11,13,17H,4-7,12,14-15,31H2,1H3. The predicted octanol–water partition coefficient (Wildman–Crippen LogP) is 3.39. The largest absolute Gasteiger partial charge is 0.495 e. The van der Waals surface area contributed by atoms with Crippen LogP contribution in [0.1, 0.15) is 12.0 Å². The Bertz CT molecular complexity index is 1390. The molecule has 1 saturated carbocycles. The van der Waals surface area contributed by atoms with Crippen LogP contribution in [0.15, 0.2) is 47.4 Å². The second-order valence-corrected chi connectivity index (χ2v) is 9.44. The molecule has 1 aromatic heterocycles. The minimum Gasteiger partial charge on any atom is -0.495 e. The molecular formula is C26H27F4N5O4. The summed E-state index contributed by atoms with van der Waals surface area (Å²) in [5.41, 5.74) is 6.60. The number of hydrogen-bond acceptors (Lipinski definition) is 8. The van der Waals surface area contributed by atoms with Gasteiger partial charge in [-0.15, -0.1) is 0 Å². The summed E-state index contributed by atoms with van der Waals surface area (Å²) >= 11 is 0. The third kappa shape index (κ3) is 5.93. The summed E-state index contributed by atoms with van der Waals surface area (Å²) in [4.78, 5) is 21.0. The van der Waals surface area contributed by atoms with Crippen LogP contribution in [0.3, 0.4) is 0 Å². The highest BCUT2D eigenvalue weighted by molar-refractivity contribution is 5.57. The summed E-state index contributed by atoms with van der Waals surface area (Å²) in [6.45, 7) is 1.68. The number of benzene rings is 2. The fourth-order valence-corrected chi connectivity index (χ4v) is 4.34. The van der Waals surface area contributed by atoms with Crippen molar-refractivity contribution in [2.24, 2.45) is 5.92 Å².